The molecule has 3 heterocycles. The Morgan fingerprint density at radius 3 is 2.20 bits per heavy atom. The van der Waals surface area contributed by atoms with Gasteiger partial charge in [0.05, 0.1) is 6.04 Å². The zero-order valence-electron chi connectivity index (χ0n) is 24.4. The van der Waals surface area contributed by atoms with Crippen molar-refractivity contribution in [3.8, 4) is 0 Å². The molecule has 0 aromatic heterocycles. The lowest BCUT2D eigenvalue weighted by molar-refractivity contribution is -0.124. The van der Waals surface area contributed by atoms with Crippen LogP contribution in [0.4, 0.5) is 0 Å². The van der Waals surface area contributed by atoms with Gasteiger partial charge in [-0.2, -0.15) is 0 Å². The van der Waals surface area contributed by atoms with Gasteiger partial charge in [-0.15, -0.1) is 24.8 Å². The highest BCUT2D eigenvalue weighted by atomic mass is 35.5. The van der Waals surface area contributed by atoms with Crippen LogP contribution in [0.1, 0.15) is 82.6 Å². The van der Waals surface area contributed by atoms with Crippen molar-refractivity contribution in [1.82, 2.24) is 20.9 Å². The van der Waals surface area contributed by atoms with Crippen LogP contribution in [0.15, 0.2) is 47.5 Å². The SMILES string of the molecule is Cl.Cl.O=C(NC1CN2CCC1CC2)[C@H](Cc1ccc2ccccc2c1)NC(=NC1CCCCC1)NC1CCCCC1. The summed E-state index contributed by atoms with van der Waals surface area (Å²) in [5, 5.41) is 13.4. The molecular formula is C33H49Cl2N5O. The van der Waals surface area contributed by atoms with Gasteiger partial charge in [0.2, 0.25) is 5.91 Å². The number of guanidine groups is 1. The van der Waals surface area contributed by atoms with E-state index >= 15 is 0 Å². The van der Waals surface area contributed by atoms with Crippen LogP contribution in [-0.2, 0) is 11.2 Å². The van der Waals surface area contributed by atoms with Crippen LogP contribution in [0.3, 0.4) is 0 Å². The Kier molecular flexibility index (Phi) is 12.0. The predicted octanol–water partition coefficient (Wildman–Crippen LogP) is 6.01. The van der Waals surface area contributed by atoms with Gasteiger partial charge < -0.3 is 20.9 Å². The first-order chi connectivity index (χ1) is 19.2. The quantitative estimate of drug-likeness (QED) is 0.269. The molecule has 226 valence electrons. The summed E-state index contributed by atoms with van der Waals surface area (Å²) in [4.78, 5) is 21.7. The molecule has 2 aliphatic carbocycles. The van der Waals surface area contributed by atoms with Gasteiger partial charge in [0.15, 0.2) is 5.96 Å². The van der Waals surface area contributed by atoms with E-state index in [4.69, 9.17) is 4.99 Å². The molecule has 7 rings (SSSR count). The molecule has 2 atom stereocenters. The van der Waals surface area contributed by atoms with Crippen LogP contribution in [0.5, 0.6) is 0 Å². The number of amides is 1. The van der Waals surface area contributed by atoms with E-state index in [1.165, 1.54) is 93.6 Å². The fourth-order valence-electron chi connectivity index (χ4n) is 7.34. The second kappa shape index (κ2) is 15.5. The van der Waals surface area contributed by atoms with Gasteiger partial charge in [0, 0.05) is 25.0 Å². The Labute approximate surface area is 258 Å². The Morgan fingerprint density at radius 2 is 1.51 bits per heavy atom. The Hall–Kier alpha value is -2.02. The molecular weight excluding hydrogens is 553 g/mol. The maximum Gasteiger partial charge on any atom is 0.243 e. The second-order valence-corrected chi connectivity index (χ2v) is 12.6. The van der Waals surface area contributed by atoms with Crippen molar-refractivity contribution in [3.63, 3.8) is 0 Å². The fourth-order valence-corrected chi connectivity index (χ4v) is 7.34. The van der Waals surface area contributed by atoms with Crippen molar-refractivity contribution in [1.29, 1.82) is 0 Å². The summed E-state index contributed by atoms with van der Waals surface area (Å²) >= 11 is 0. The van der Waals surface area contributed by atoms with Crippen molar-refractivity contribution in [2.24, 2.45) is 10.9 Å². The molecule has 0 radical (unpaired) electrons. The highest BCUT2D eigenvalue weighted by molar-refractivity contribution is 5.90. The lowest BCUT2D eigenvalue weighted by atomic mass is 9.84. The topological polar surface area (TPSA) is 68.8 Å². The van der Waals surface area contributed by atoms with Gasteiger partial charge in [0.25, 0.3) is 0 Å². The highest BCUT2D eigenvalue weighted by Gasteiger charge is 2.36. The standard InChI is InChI=1S/C33H47N5O.2ClH/c39-32(36-31-23-38-19-17-26(31)18-20-38)30(22-24-15-16-25-9-7-8-10-27(25)21-24)37-33(34-28-11-3-1-4-12-28)35-29-13-5-2-6-14-29;;/h7-10,15-16,21,26,28-31H,1-6,11-14,17-20,22-23H2,(H,36,39)(H2,34,35,37);2*1H/t30-,31?;;/m0../s1. The van der Waals surface area contributed by atoms with Crippen LogP contribution < -0.4 is 16.0 Å². The average Bonchev–Trinajstić information content (AvgIpc) is 2.98. The van der Waals surface area contributed by atoms with Crippen molar-refractivity contribution in [2.75, 3.05) is 19.6 Å². The summed E-state index contributed by atoms with van der Waals surface area (Å²) in [6.07, 6.45) is 15.4. The van der Waals surface area contributed by atoms with Gasteiger partial charge in [-0.1, -0.05) is 81.0 Å². The minimum Gasteiger partial charge on any atom is -0.354 e. The first kappa shape index (κ1) is 31.9. The maximum absolute atomic E-state index is 14.0. The van der Waals surface area contributed by atoms with Gasteiger partial charge in [-0.25, -0.2) is 4.99 Å². The Bertz CT molecular complexity index is 1140. The molecule has 41 heavy (non-hydrogen) atoms. The molecule has 2 saturated carbocycles. The number of nitrogens with one attached hydrogen (secondary N) is 3. The Morgan fingerprint density at radius 1 is 0.829 bits per heavy atom. The molecule has 3 N–H and O–H groups in total. The van der Waals surface area contributed by atoms with Crippen LogP contribution in [0, 0.1) is 5.92 Å². The van der Waals surface area contributed by atoms with Crippen molar-refractivity contribution in [2.45, 2.75) is 108 Å². The number of hydrogen-bond acceptors (Lipinski definition) is 3. The maximum atomic E-state index is 14.0. The summed E-state index contributed by atoms with van der Waals surface area (Å²) in [6, 6.07) is 15.8. The number of fused-ring (bicyclic) bond motifs is 4. The molecule has 8 heteroatoms. The van der Waals surface area contributed by atoms with Crippen LogP contribution in [0.25, 0.3) is 10.8 Å². The van der Waals surface area contributed by atoms with E-state index in [0.717, 1.165) is 25.3 Å². The monoisotopic (exact) mass is 601 g/mol. The fraction of sp³-hybridized carbons (Fsp3) is 0.636. The predicted molar refractivity (Wildman–Crippen MR) is 174 cm³/mol. The molecule has 0 spiro atoms. The van der Waals surface area contributed by atoms with Crippen molar-refractivity contribution >= 4 is 47.5 Å². The number of piperidine rings is 3. The second-order valence-electron chi connectivity index (χ2n) is 12.6. The first-order valence-electron chi connectivity index (χ1n) is 15.8. The molecule has 3 saturated heterocycles. The number of rotatable bonds is 7. The normalized spacial score (nSPS) is 26.0. The van der Waals surface area contributed by atoms with E-state index in [1.807, 2.05) is 0 Å². The van der Waals surface area contributed by atoms with Gasteiger partial charge >= 0.3 is 0 Å². The minimum absolute atomic E-state index is 0. The smallest absolute Gasteiger partial charge is 0.243 e. The number of nitrogens with zero attached hydrogens (tertiary/aromatic N) is 2. The van der Waals surface area contributed by atoms with Gasteiger partial charge in [-0.05, 0) is 73.9 Å². The molecule has 3 aliphatic heterocycles. The van der Waals surface area contributed by atoms with Gasteiger partial charge in [-0.3, -0.25) is 4.79 Å². The van der Waals surface area contributed by atoms with Crippen LogP contribution in [-0.4, -0.2) is 60.6 Å². The van der Waals surface area contributed by atoms with E-state index in [1.54, 1.807) is 0 Å². The molecule has 1 unspecified atom stereocenters. The zero-order valence-corrected chi connectivity index (χ0v) is 26.0. The molecule has 6 nitrogen and oxygen atoms in total. The van der Waals surface area contributed by atoms with E-state index in [2.05, 4.69) is 63.3 Å². The highest BCUT2D eigenvalue weighted by Crippen LogP contribution is 2.28. The molecule has 1 amide bonds. The van der Waals surface area contributed by atoms with Crippen molar-refractivity contribution in [3.05, 3.63) is 48.0 Å². The minimum atomic E-state index is -0.361. The first-order valence-corrected chi connectivity index (χ1v) is 15.8. The molecule has 5 fully saturated rings. The number of carbonyl (C=O) groups is 1. The summed E-state index contributed by atoms with van der Waals surface area (Å²) < 4.78 is 0. The number of hydrogen-bond donors (Lipinski definition) is 3. The Balaban J connectivity index is 0.00000194. The average molecular weight is 603 g/mol. The van der Waals surface area contributed by atoms with Gasteiger partial charge in [0.1, 0.15) is 6.04 Å². The molecule has 2 aromatic rings. The van der Waals surface area contributed by atoms with E-state index in [9.17, 15) is 4.79 Å². The largest absolute Gasteiger partial charge is 0.354 e. The number of benzene rings is 2. The van der Waals surface area contributed by atoms with Crippen LogP contribution in [0.2, 0.25) is 0 Å². The number of aliphatic imine (C=N–C) groups is 1. The number of halogens is 2. The summed E-state index contributed by atoms with van der Waals surface area (Å²) in [6.45, 7) is 3.35. The third-order valence-electron chi connectivity index (χ3n) is 9.70. The third kappa shape index (κ3) is 8.52. The van der Waals surface area contributed by atoms with E-state index < -0.39 is 0 Å². The zero-order chi connectivity index (χ0) is 26.4. The number of carbonyl (C=O) groups excluding carboxylic acids is 1. The van der Waals surface area contributed by atoms with Crippen molar-refractivity contribution < 1.29 is 4.79 Å². The molecule has 2 aromatic carbocycles. The third-order valence-corrected chi connectivity index (χ3v) is 9.70. The van der Waals surface area contributed by atoms with E-state index in [0.29, 0.717) is 24.4 Å². The lowest BCUT2D eigenvalue weighted by Crippen LogP contribution is -2.61. The molecule has 2 bridgehead atoms. The van der Waals surface area contributed by atoms with Crippen LogP contribution >= 0.6 is 24.8 Å². The summed E-state index contributed by atoms with van der Waals surface area (Å²) in [7, 11) is 0. The van der Waals surface area contributed by atoms with E-state index in [-0.39, 0.29) is 42.8 Å². The summed E-state index contributed by atoms with van der Waals surface area (Å²) in [5.74, 6) is 1.57. The molecule has 5 aliphatic rings. The lowest BCUT2D eigenvalue weighted by Gasteiger charge is -2.45. The summed E-state index contributed by atoms with van der Waals surface area (Å²) in [5.41, 5.74) is 1.19.